The lowest BCUT2D eigenvalue weighted by atomic mass is 10.0. The number of benzene rings is 3. The van der Waals surface area contributed by atoms with Gasteiger partial charge in [-0.1, -0.05) is 29.8 Å². The number of nitrogens with zero attached hydrogens (tertiary/aromatic N) is 2. The summed E-state index contributed by atoms with van der Waals surface area (Å²) in [6.07, 6.45) is -0.372. The van der Waals surface area contributed by atoms with E-state index in [1.807, 2.05) is 48.5 Å². The maximum Gasteiger partial charge on any atom is 0.262 e. The van der Waals surface area contributed by atoms with Crippen LogP contribution in [0.1, 0.15) is 27.7 Å². The Morgan fingerprint density at radius 3 is 2.58 bits per heavy atom. The number of amides is 1. The first-order valence-corrected chi connectivity index (χ1v) is 11.4. The monoisotopic (exact) mass is 463 g/mol. The van der Waals surface area contributed by atoms with Crippen molar-refractivity contribution in [3.63, 3.8) is 0 Å². The number of nitrogens with one attached hydrogen (secondary N) is 1. The molecule has 1 amide bonds. The van der Waals surface area contributed by atoms with Gasteiger partial charge in [-0.05, 0) is 54.1 Å². The van der Waals surface area contributed by atoms with E-state index in [4.69, 9.17) is 21.1 Å². The Kier molecular flexibility index (Phi) is 6.22. The largest absolute Gasteiger partial charge is 0.496 e. The number of methoxy groups -OCH3 is 1. The van der Waals surface area contributed by atoms with E-state index >= 15 is 0 Å². The molecule has 0 aromatic heterocycles. The minimum Gasteiger partial charge on any atom is -0.496 e. The van der Waals surface area contributed by atoms with Crippen molar-refractivity contribution < 1.29 is 14.3 Å². The van der Waals surface area contributed by atoms with Crippen LogP contribution in [0.3, 0.4) is 0 Å². The van der Waals surface area contributed by atoms with E-state index in [1.165, 1.54) is 0 Å². The highest BCUT2D eigenvalue weighted by Gasteiger charge is 2.34. The molecule has 3 aromatic rings. The molecule has 5 rings (SSSR count). The summed E-state index contributed by atoms with van der Waals surface area (Å²) < 4.78 is 11.2. The van der Waals surface area contributed by atoms with E-state index in [1.54, 1.807) is 24.1 Å². The minimum absolute atomic E-state index is 0.0535. The number of rotatable bonds is 5. The number of carbonyl (C=O) groups excluding carboxylic acids is 1. The van der Waals surface area contributed by atoms with E-state index in [0.29, 0.717) is 10.6 Å². The quantitative estimate of drug-likeness (QED) is 0.580. The molecule has 6 nitrogen and oxygen atoms in total. The SMILES string of the molecule is COc1ccc([C@H]2Nc3ccccc3C(=O)N2c2ccc(Cl)cc2)cc1CN1CCOCC1. The smallest absolute Gasteiger partial charge is 0.262 e. The van der Waals surface area contributed by atoms with Gasteiger partial charge in [0.25, 0.3) is 5.91 Å². The number of ether oxygens (including phenoxy) is 2. The Morgan fingerprint density at radius 2 is 1.82 bits per heavy atom. The predicted octanol–water partition coefficient (Wildman–Crippen LogP) is 4.95. The number of morpholine rings is 1. The van der Waals surface area contributed by atoms with Crippen LogP contribution in [0.25, 0.3) is 0 Å². The van der Waals surface area contributed by atoms with E-state index < -0.39 is 0 Å². The number of carbonyl (C=O) groups is 1. The normalized spacial score (nSPS) is 18.5. The molecule has 1 fully saturated rings. The van der Waals surface area contributed by atoms with E-state index in [9.17, 15) is 4.79 Å². The summed E-state index contributed by atoms with van der Waals surface area (Å²) in [5.74, 6) is 0.785. The Morgan fingerprint density at radius 1 is 1.06 bits per heavy atom. The second-order valence-corrected chi connectivity index (χ2v) is 8.64. The summed E-state index contributed by atoms with van der Waals surface area (Å²) in [6.45, 7) is 4.01. The molecule has 1 saturated heterocycles. The highest BCUT2D eigenvalue weighted by atomic mass is 35.5. The summed E-state index contributed by atoms with van der Waals surface area (Å²) in [5, 5.41) is 4.20. The first-order chi connectivity index (χ1) is 16.1. The number of hydrogen-bond donors (Lipinski definition) is 1. The lowest BCUT2D eigenvalue weighted by Gasteiger charge is -2.38. The van der Waals surface area contributed by atoms with Crippen LogP contribution >= 0.6 is 11.6 Å². The molecule has 170 valence electrons. The molecular formula is C26H26ClN3O3. The maximum absolute atomic E-state index is 13.6. The summed E-state index contributed by atoms with van der Waals surface area (Å²) in [5.41, 5.74) is 4.31. The fourth-order valence-electron chi connectivity index (χ4n) is 4.45. The third kappa shape index (κ3) is 4.42. The number of anilines is 2. The highest BCUT2D eigenvalue weighted by Crippen LogP contribution is 2.38. The van der Waals surface area contributed by atoms with Gasteiger partial charge in [-0.2, -0.15) is 0 Å². The number of halogens is 1. The number of fused-ring (bicyclic) bond motifs is 1. The van der Waals surface area contributed by atoms with Crippen LogP contribution in [0.4, 0.5) is 11.4 Å². The van der Waals surface area contributed by atoms with Gasteiger partial charge < -0.3 is 14.8 Å². The van der Waals surface area contributed by atoms with Gasteiger partial charge in [-0.25, -0.2) is 0 Å². The average molecular weight is 464 g/mol. The Labute approximate surface area is 198 Å². The lowest BCUT2D eigenvalue weighted by Crippen LogP contribution is -2.43. The molecule has 33 heavy (non-hydrogen) atoms. The van der Waals surface area contributed by atoms with Gasteiger partial charge in [-0.3, -0.25) is 14.6 Å². The van der Waals surface area contributed by atoms with Crippen molar-refractivity contribution in [2.75, 3.05) is 43.6 Å². The minimum atomic E-state index is -0.372. The predicted molar refractivity (Wildman–Crippen MR) is 130 cm³/mol. The van der Waals surface area contributed by atoms with E-state index in [2.05, 4.69) is 16.3 Å². The molecule has 0 spiro atoms. The molecule has 1 N–H and O–H groups in total. The van der Waals surface area contributed by atoms with E-state index in [-0.39, 0.29) is 12.1 Å². The topological polar surface area (TPSA) is 54.0 Å². The summed E-state index contributed by atoms with van der Waals surface area (Å²) >= 11 is 6.12. The molecule has 3 aromatic carbocycles. The van der Waals surface area contributed by atoms with Gasteiger partial charge in [-0.15, -0.1) is 0 Å². The van der Waals surface area contributed by atoms with Gasteiger partial charge >= 0.3 is 0 Å². The molecule has 0 bridgehead atoms. The van der Waals surface area contributed by atoms with Crippen molar-refractivity contribution >= 4 is 28.9 Å². The maximum atomic E-state index is 13.6. The van der Waals surface area contributed by atoms with Gasteiger partial charge in [0.2, 0.25) is 0 Å². The van der Waals surface area contributed by atoms with Gasteiger partial charge in [0.1, 0.15) is 11.9 Å². The van der Waals surface area contributed by atoms with Crippen LogP contribution in [0.5, 0.6) is 5.75 Å². The molecule has 0 unspecified atom stereocenters. The van der Waals surface area contributed by atoms with Crippen LogP contribution in [-0.2, 0) is 11.3 Å². The zero-order valence-electron chi connectivity index (χ0n) is 18.5. The molecule has 1 atom stereocenters. The van der Waals surface area contributed by atoms with Gasteiger partial charge in [0.05, 0.1) is 25.9 Å². The van der Waals surface area contributed by atoms with Gasteiger partial charge in [0.15, 0.2) is 0 Å². The number of para-hydroxylation sites is 1. The molecule has 2 heterocycles. The summed E-state index contributed by atoms with van der Waals surface area (Å²) in [6, 6.07) is 21.1. The van der Waals surface area contributed by atoms with Crippen LogP contribution < -0.4 is 15.0 Å². The number of hydrogen-bond acceptors (Lipinski definition) is 5. The molecule has 0 aliphatic carbocycles. The molecule has 0 radical (unpaired) electrons. The first-order valence-electron chi connectivity index (χ1n) is 11.1. The van der Waals surface area contributed by atoms with Crippen LogP contribution in [0, 0.1) is 0 Å². The standard InChI is InChI=1S/C26H26ClN3O3/c1-32-24-11-6-18(16-19(24)17-29-12-14-33-15-13-29)25-28-23-5-3-2-4-22(23)26(31)30(25)21-9-7-20(27)8-10-21/h2-11,16,25,28H,12-15,17H2,1H3/t25-/m0/s1. The van der Waals surface area contributed by atoms with Crippen LogP contribution in [0.15, 0.2) is 66.7 Å². The second-order valence-electron chi connectivity index (χ2n) is 8.20. The summed E-state index contributed by atoms with van der Waals surface area (Å²) in [4.78, 5) is 17.8. The fraction of sp³-hybridized carbons (Fsp3) is 0.269. The van der Waals surface area contributed by atoms with Crippen molar-refractivity contribution in [2.45, 2.75) is 12.7 Å². The second kappa shape index (κ2) is 9.43. The fourth-order valence-corrected chi connectivity index (χ4v) is 4.57. The van der Waals surface area contributed by atoms with Crippen molar-refractivity contribution in [1.29, 1.82) is 0 Å². The third-order valence-electron chi connectivity index (χ3n) is 6.15. The van der Waals surface area contributed by atoms with Crippen molar-refractivity contribution in [1.82, 2.24) is 4.90 Å². The third-order valence-corrected chi connectivity index (χ3v) is 6.40. The van der Waals surface area contributed by atoms with Crippen LogP contribution in [0.2, 0.25) is 5.02 Å². The van der Waals surface area contributed by atoms with Gasteiger partial charge in [0, 0.05) is 41.6 Å². The molecule has 7 heteroatoms. The van der Waals surface area contributed by atoms with Crippen molar-refractivity contribution in [3.05, 3.63) is 88.4 Å². The molecule has 0 saturated carbocycles. The Bertz CT molecular complexity index is 1150. The highest BCUT2D eigenvalue weighted by molar-refractivity contribution is 6.30. The zero-order chi connectivity index (χ0) is 22.8. The van der Waals surface area contributed by atoms with Crippen molar-refractivity contribution in [2.24, 2.45) is 0 Å². The molecular weight excluding hydrogens is 438 g/mol. The molecule has 2 aliphatic heterocycles. The average Bonchev–Trinajstić information content (AvgIpc) is 2.85. The van der Waals surface area contributed by atoms with E-state index in [0.717, 1.165) is 61.1 Å². The first kappa shape index (κ1) is 21.8. The zero-order valence-corrected chi connectivity index (χ0v) is 19.2. The lowest BCUT2D eigenvalue weighted by molar-refractivity contribution is 0.0338. The molecule has 2 aliphatic rings. The van der Waals surface area contributed by atoms with Crippen LogP contribution in [-0.4, -0.2) is 44.2 Å². The Balaban J connectivity index is 1.55. The summed E-state index contributed by atoms with van der Waals surface area (Å²) in [7, 11) is 1.69. The van der Waals surface area contributed by atoms with Crippen molar-refractivity contribution in [3.8, 4) is 5.75 Å². The Hall–Kier alpha value is -3.06.